The van der Waals surface area contributed by atoms with Gasteiger partial charge >= 0.3 is 0 Å². The summed E-state index contributed by atoms with van der Waals surface area (Å²) in [6, 6.07) is -0.255. The largest absolute Gasteiger partial charge is 0.395 e. The number of aliphatic hydroxyl groups is 1. The highest BCUT2D eigenvalue weighted by atomic mass is 32.2. The lowest BCUT2D eigenvalue weighted by atomic mass is 10.1. The van der Waals surface area contributed by atoms with E-state index in [9.17, 15) is 8.42 Å². The molecular formula is C8H18N2O3S. The van der Waals surface area contributed by atoms with Crippen LogP contribution < -0.4 is 4.72 Å². The molecule has 0 aromatic heterocycles. The van der Waals surface area contributed by atoms with Gasteiger partial charge in [-0.05, 0) is 12.8 Å². The van der Waals surface area contributed by atoms with E-state index in [0.29, 0.717) is 6.54 Å². The third-order valence-corrected chi connectivity index (χ3v) is 4.21. The van der Waals surface area contributed by atoms with Crippen LogP contribution in [-0.2, 0) is 10.2 Å². The topological polar surface area (TPSA) is 69.6 Å². The van der Waals surface area contributed by atoms with Crippen molar-refractivity contribution >= 4 is 10.2 Å². The lowest BCUT2D eigenvalue weighted by Crippen LogP contribution is -2.46. The molecule has 0 aliphatic carbocycles. The molecule has 2 N–H and O–H groups in total. The quantitative estimate of drug-likeness (QED) is 0.688. The fourth-order valence-corrected chi connectivity index (χ4v) is 2.94. The van der Waals surface area contributed by atoms with Gasteiger partial charge in [0.15, 0.2) is 0 Å². The van der Waals surface area contributed by atoms with Gasteiger partial charge < -0.3 is 5.11 Å². The molecule has 0 aromatic carbocycles. The molecule has 5 nitrogen and oxygen atoms in total. The van der Waals surface area contributed by atoms with Gasteiger partial charge in [-0.2, -0.15) is 12.7 Å². The number of nitrogens with zero attached hydrogens (tertiary/aromatic N) is 1. The molecule has 0 bridgehead atoms. The maximum Gasteiger partial charge on any atom is 0.279 e. The van der Waals surface area contributed by atoms with Gasteiger partial charge in [-0.1, -0.05) is 12.8 Å². The summed E-state index contributed by atoms with van der Waals surface area (Å²) in [5.74, 6) is 0. The van der Waals surface area contributed by atoms with E-state index in [-0.39, 0.29) is 12.6 Å². The van der Waals surface area contributed by atoms with Crippen molar-refractivity contribution in [1.29, 1.82) is 0 Å². The Morgan fingerprint density at radius 1 is 1.43 bits per heavy atom. The molecule has 84 valence electrons. The monoisotopic (exact) mass is 222 g/mol. The first-order valence-corrected chi connectivity index (χ1v) is 6.37. The molecule has 1 heterocycles. The van der Waals surface area contributed by atoms with Gasteiger partial charge in [0.05, 0.1) is 6.61 Å². The van der Waals surface area contributed by atoms with Crippen molar-refractivity contribution in [2.75, 3.05) is 20.2 Å². The molecule has 1 unspecified atom stereocenters. The van der Waals surface area contributed by atoms with Crippen LogP contribution in [0.25, 0.3) is 0 Å². The number of nitrogens with one attached hydrogen (secondary N) is 1. The minimum Gasteiger partial charge on any atom is -0.395 e. The zero-order chi connectivity index (χ0) is 10.6. The zero-order valence-corrected chi connectivity index (χ0v) is 9.26. The van der Waals surface area contributed by atoms with Crippen LogP contribution in [0.2, 0.25) is 0 Å². The Hall–Kier alpha value is -0.170. The van der Waals surface area contributed by atoms with Crippen molar-refractivity contribution in [2.45, 2.75) is 31.7 Å². The Labute approximate surface area is 85.3 Å². The summed E-state index contributed by atoms with van der Waals surface area (Å²) < 4.78 is 26.8. The van der Waals surface area contributed by atoms with Gasteiger partial charge in [0.25, 0.3) is 10.2 Å². The van der Waals surface area contributed by atoms with E-state index >= 15 is 0 Å². The van der Waals surface area contributed by atoms with Gasteiger partial charge in [-0.25, -0.2) is 4.72 Å². The summed E-state index contributed by atoms with van der Waals surface area (Å²) in [4.78, 5) is 0. The van der Waals surface area contributed by atoms with Gasteiger partial charge in [0.2, 0.25) is 0 Å². The SMILES string of the molecule is CNS(=O)(=O)N1CCCCCC1CO. The molecule has 1 aliphatic rings. The van der Waals surface area contributed by atoms with E-state index in [4.69, 9.17) is 5.11 Å². The smallest absolute Gasteiger partial charge is 0.279 e. The Morgan fingerprint density at radius 2 is 2.14 bits per heavy atom. The Bertz CT molecular complexity index is 266. The van der Waals surface area contributed by atoms with E-state index in [1.807, 2.05) is 0 Å². The fraction of sp³-hybridized carbons (Fsp3) is 1.00. The van der Waals surface area contributed by atoms with E-state index in [1.165, 1.54) is 11.4 Å². The second-order valence-electron chi connectivity index (χ2n) is 3.51. The summed E-state index contributed by atoms with van der Waals surface area (Å²) in [6.45, 7) is 0.412. The molecule has 14 heavy (non-hydrogen) atoms. The zero-order valence-electron chi connectivity index (χ0n) is 8.44. The third-order valence-electron chi connectivity index (χ3n) is 2.60. The maximum atomic E-state index is 11.6. The predicted octanol–water partition coefficient (Wildman–Crippen LogP) is -0.313. The molecule has 1 fully saturated rings. The standard InChI is InChI=1S/C8H18N2O3S/c1-9-14(12,13)10-6-4-2-3-5-8(10)7-11/h8-9,11H,2-7H2,1H3. The molecule has 1 rings (SSSR count). The van der Waals surface area contributed by atoms with Crippen LogP contribution in [0.15, 0.2) is 0 Å². The second-order valence-corrected chi connectivity index (χ2v) is 5.33. The number of rotatable bonds is 3. The van der Waals surface area contributed by atoms with Crippen LogP contribution in [-0.4, -0.2) is 44.1 Å². The minimum absolute atomic E-state index is 0.0963. The van der Waals surface area contributed by atoms with Crippen molar-refractivity contribution in [1.82, 2.24) is 9.03 Å². The van der Waals surface area contributed by atoms with E-state index in [2.05, 4.69) is 4.72 Å². The van der Waals surface area contributed by atoms with Crippen molar-refractivity contribution < 1.29 is 13.5 Å². The Morgan fingerprint density at radius 3 is 2.71 bits per heavy atom. The van der Waals surface area contributed by atoms with Crippen molar-refractivity contribution in [3.63, 3.8) is 0 Å². The Balaban J connectivity index is 2.80. The predicted molar refractivity (Wildman–Crippen MR) is 54.0 cm³/mol. The number of hydrogen-bond donors (Lipinski definition) is 2. The van der Waals surface area contributed by atoms with E-state index in [1.54, 1.807) is 0 Å². The first kappa shape index (κ1) is 11.9. The average Bonchev–Trinajstić information content (AvgIpc) is 2.42. The van der Waals surface area contributed by atoms with Crippen LogP contribution >= 0.6 is 0 Å². The molecule has 0 saturated carbocycles. The van der Waals surface area contributed by atoms with Crippen LogP contribution in [0.4, 0.5) is 0 Å². The first-order chi connectivity index (χ1) is 6.61. The molecule has 0 spiro atoms. The molecular weight excluding hydrogens is 204 g/mol. The van der Waals surface area contributed by atoms with Crippen molar-refractivity contribution in [3.8, 4) is 0 Å². The van der Waals surface area contributed by atoms with Gasteiger partial charge in [0.1, 0.15) is 0 Å². The van der Waals surface area contributed by atoms with Crippen LogP contribution in [0.1, 0.15) is 25.7 Å². The maximum absolute atomic E-state index is 11.6. The normalized spacial score (nSPS) is 26.0. The van der Waals surface area contributed by atoms with Gasteiger partial charge in [-0.15, -0.1) is 0 Å². The third kappa shape index (κ3) is 2.66. The number of aliphatic hydroxyl groups excluding tert-OH is 1. The fourth-order valence-electron chi connectivity index (χ4n) is 1.77. The van der Waals surface area contributed by atoms with Gasteiger partial charge in [-0.3, -0.25) is 0 Å². The van der Waals surface area contributed by atoms with Gasteiger partial charge in [0, 0.05) is 19.6 Å². The Kier molecular flexibility index (Phi) is 4.31. The van der Waals surface area contributed by atoms with E-state index < -0.39 is 10.2 Å². The lowest BCUT2D eigenvalue weighted by molar-refractivity contribution is 0.185. The lowest BCUT2D eigenvalue weighted by Gasteiger charge is -2.26. The van der Waals surface area contributed by atoms with Crippen LogP contribution in [0.3, 0.4) is 0 Å². The highest BCUT2D eigenvalue weighted by molar-refractivity contribution is 7.87. The molecule has 6 heteroatoms. The highest BCUT2D eigenvalue weighted by Crippen LogP contribution is 2.18. The molecule has 0 aromatic rings. The number of hydrogen-bond acceptors (Lipinski definition) is 3. The molecule has 1 aliphatic heterocycles. The van der Waals surface area contributed by atoms with Crippen LogP contribution in [0.5, 0.6) is 0 Å². The molecule has 1 saturated heterocycles. The molecule has 0 amide bonds. The van der Waals surface area contributed by atoms with Crippen molar-refractivity contribution in [3.05, 3.63) is 0 Å². The van der Waals surface area contributed by atoms with Crippen molar-refractivity contribution in [2.24, 2.45) is 0 Å². The summed E-state index contributed by atoms with van der Waals surface area (Å²) in [5.41, 5.74) is 0. The second kappa shape index (κ2) is 5.06. The van der Waals surface area contributed by atoms with Crippen LogP contribution in [0, 0.1) is 0 Å². The molecule has 0 radical (unpaired) electrons. The van der Waals surface area contributed by atoms with E-state index in [0.717, 1.165) is 25.7 Å². The first-order valence-electron chi connectivity index (χ1n) is 4.93. The minimum atomic E-state index is -3.38. The highest BCUT2D eigenvalue weighted by Gasteiger charge is 2.29. The summed E-state index contributed by atoms with van der Waals surface area (Å²) in [7, 11) is -1.99. The summed E-state index contributed by atoms with van der Waals surface area (Å²) >= 11 is 0. The summed E-state index contributed by atoms with van der Waals surface area (Å²) in [6.07, 6.45) is 3.64. The summed E-state index contributed by atoms with van der Waals surface area (Å²) in [5, 5.41) is 9.11. The molecule has 1 atom stereocenters. The average molecular weight is 222 g/mol.